The molecule has 0 radical (unpaired) electrons. The van der Waals surface area contributed by atoms with E-state index in [4.69, 9.17) is 0 Å². The highest BCUT2D eigenvalue weighted by atomic mass is 19.1. The number of carbonyl (C=O) groups excluding carboxylic acids is 2. The van der Waals surface area contributed by atoms with Gasteiger partial charge in [0.2, 0.25) is 11.8 Å². The smallest absolute Gasteiger partial charge is 0.243 e. The quantitative estimate of drug-likeness (QED) is 0.487. The lowest BCUT2D eigenvalue weighted by molar-refractivity contribution is -0.141. The van der Waals surface area contributed by atoms with Crippen LogP contribution in [0, 0.1) is 5.82 Å². The third kappa shape index (κ3) is 6.53. The number of carbonyl (C=O) groups is 2. The fraction of sp³-hybridized carbons (Fsp3) is 0.310. The molecule has 0 spiro atoms. The molecule has 1 aliphatic rings. The molecule has 176 valence electrons. The summed E-state index contributed by atoms with van der Waals surface area (Å²) < 4.78 is 13.4. The summed E-state index contributed by atoms with van der Waals surface area (Å²) in [7, 11) is 0. The van der Waals surface area contributed by atoms with Crippen molar-refractivity contribution in [2.24, 2.45) is 0 Å². The van der Waals surface area contributed by atoms with Gasteiger partial charge < -0.3 is 10.2 Å². The Hall–Kier alpha value is -3.47. The number of amides is 2. The Labute approximate surface area is 200 Å². The first-order valence-electron chi connectivity index (χ1n) is 12.0. The summed E-state index contributed by atoms with van der Waals surface area (Å²) in [6.45, 7) is 0.330. The topological polar surface area (TPSA) is 49.4 Å². The van der Waals surface area contributed by atoms with E-state index in [1.54, 1.807) is 17.0 Å². The van der Waals surface area contributed by atoms with E-state index in [9.17, 15) is 14.0 Å². The fourth-order valence-corrected chi connectivity index (χ4v) is 4.58. The summed E-state index contributed by atoms with van der Waals surface area (Å²) in [6, 6.07) is 25.0. The minimum atomic E-state index is -0.642. The first-order chi connectivity index (χ1) is 16.6. The van der Waals surface area contributed by atoms with E-state index in [0.29, 0.717) is 13.0 Å². The van der Waals surface area contributed by atoms with Gasteiger partial charge in [-0.15, -0.1) is 0 Å². The number of halogens is 1. The first-order valence-corrected chi connectivity index (χ1v) is 12.0. The van der Waals surface area contributed by atoms with Gasteiger partial charge in [-0.3, -0.25) is 9.59 Å². The van der Waals surface area contributed by atoms with Gasteiger partial charge in [-0.05, 0) is 41.7 Å². The minimum Gasteiger partial charge on any atom is -0.352 e. The second-order valence-corrected chi connectivity index (χ2v) is 9.01. The van der Waals surface area contributed by atoms with E-state index in [2.05, 4.69) is 5.32 Å². The van der Waals surface area contributed by atoms with Crippen LogP contribution in [0.5, 0.6) is 0 Å². The molecule has 1 saturated carbocycles. The van der Waals surface area contributed by atoms with Crippen LogP contribution in [0.25, 0.3) is 0 Å². The highest BCUT2D eigenvalue weighted by Gasteiger charge is 2.32. The lowest BCUT2D eigenvalue weighted by Gasteiger charge is -2.32. The first kappa shape index (κ1) is 23.7. The number of nitrogens with one attached hydrogen (secondary N) is 1. The normalized spacial score (nSPS) is 14.5. The van der Waals surface area contributed by atoms with Crippen molar-refractivity contribution >= 4 is 11.8 Å². The summed E-state index contributed by atoms with van der Waals surface area (Å²) in [6.07, 6.45) is 4.73. The minimum absolute atomic E-state index is 0.106. The van der Waals surface area contributed by atoms with Crippen LogP contribution in [0.1, 0.15) is 42.4 Å². The standard InChI is InChI=1S/C29H31FN2O2/c30-25-17-15-23(16-18-25)20-28(33)32(21-24-11-5-2-6-12-24)27(19-22-9-3-1-4-10-22)29(34)31-26-13-7-8-14-26/h1-6,9-12,15-18,26-27H,7-8,13-14,19-21H2,(H,31,34). The molecular formula is C29H31FN2O2. The van der Waals surface area contributed by atoms with E-state index in [-0.39, 0.29) is 30.1 Å². The average Bonchev–Trinajstić information content (AvgIpc) is 3.37. The number of benzene rings is 3. The summed E-state index contributed by atoms with van der Waals surface area (Å²) in [5.74, 6) is -0.604. The molecule has 4 nitrogen and oxygen atoms in total. The molecule has 1 N–H and O–H groups in total. The maximum absolute atomic E-state index is 13.6. The Morgan fingerprint density at radius 1 is 0.824 bits per heavy atom. The van der Waals surface area contributed by atoms with Crippen LogP contribution in [0.4, 0.5) is 4.39 Å². The van der Waals surface area contributed by atoms with Crippen LogP contribution in [0.2, 0.25) is 0 Å². The van der Waals surface area contributed by atoms with E-state index < -0.39 is 6.04 Å². The van der Waals surface area contributed by atoms with Crippen LogP contribution in [-0.4, -0.2) is 28.8 Å². The van der Waals surface area contributed by atoms with Crippen molar-refractivity contribution in [2.45, 2.75) is 57.2 Å². The fourth-order valence-electron chi connectivity index (χ4n) is 4.58. The molecule has 0 heterocycles. The predicted molar refractivity (Wildman–Crippen MR) is 131 cm³/mol. The summed E-state index contributed by atoms with van der Waals surface area (Å²) in [5.41, 5.74) is 2.68. The molecule has 1 fully saturated rings. The van der Waals surface area contributed by atoms with Gasteiger partial charge in [0.15, 0.2) is 0 Å². The Kier molecular flexibility index (Phi) is 8.08. The molecule has 0 bridgehead atoms. The maximum Gasteiger partial charge on any atom is 0.243 e. The monoisotopic (exact) mass is 458 g/mol. The number of hydrogen-bond acceptors (Lipinski definition) is 2. The van der Waals surface area contributed by atoms with Crippen LogP contribution < -0.4 is 5.32 Å². The summed E-state index contributed by atoms with van der Waals surface area (Å²) in [4.78, 5) is 28.9. The summed E-state index contributed by atoms with van der Waals surface area (Å²) >= 11 is 0. The number of nitrogens with zero attached hydrogens (tertiary/aromatic N) is 1. The lowest BCUT2D eigenvalue weighted by Crippen LogP contribution is -2.52. The van der Waals surface area contributed by atoms with E-state index in [1.165, 1.54) is 12.1 Å². The van der Waals surface area contributed by atoms with Gasteiger partial charge in [0, 0.05) is 19.0 Å². The largest absolute Gasteiger partial charge is 0.352 e. The zero-order valence-electron chi connectivity index (χ0n) is 19.3. The third-order valence-electron chi connectivity index (χ3n) is 6.44. The van der Waals surface area contributed by atoms with Crippen LogP contribution >= 0.6 is 0 Å². The number of hydrogen-bond donors (Lipinski definition) is 1. The zero-order chi connectivity index (χ0) is 23.8. The second-order valence-electron chi connectivity index (χ2n) is 9.01. The molecule has 1 atom stereocenters. The Bertz CT molecular complexity index is 1060. The molecule has 0 aromatic heterocycles. The van der Waals surface area contributed by atoms with Gasteiger partial charge in [0.1, 0.15) is 11.9 Å². The number of rotatable bonds is 9. The van der Waals surface area contributed by atoms with Crippen molar-refractivity contribution in [3.05, 3.63) is 107 Å². The van der Waals surface area contributed by atoms with Gasteiger partial charge >= 0.3 is 0 Å². The highest BCUT2D eigenvalue weighted by Crippen LogP contribution is 2.20. The van der Waals surface area contributed by atoms with Crippen molar-refractivity contribution in [3.8, 4) is 0 Å². The Balaban J connectivity index is 1.63. The van der Waals surface area contributed by atoms with Crippen molar-refractivity contribution in [3.63, 3.8) is 0 Å². The van der Waals surface area contributed by atoms with Gasteiger partial charge in [0.05, 0.1) is 6.42 Å². The Morgan fingerprint density at radius 3 is 2.03 bits per heavy atom. The molecule has 34 heavy (non-hydrogen) atoms. The van der Waals surface area contributed by atoms with Gasteiger partial charge in [0.25, 0.3) is 0 Å². The van der Waals surface area contributed by atoms with Gasteiger partial charge in [-0.2, -0.15) is 0 Å². The van der Waals surface area contributed by atoms with Crippen molar-refractivity contribution in [2.75, 3.05) is 0 Å². The van der Waals surface area contributed by atoms with Gasteiger partial charge in [-0.25, -0.2) is 4.39 Å². The summed E-state index contributed by atoms with van der Waals surface area (Å²) in [5, 5.41) is 3.21. The highest BCUT2D eigenvalue weighted by molar-refractivity contribution is 5.89. The van der Waals surface area contributed by atoms with E-state index >= 15 is 0 Å². The second kappa shape index (κ2) is 11.6. The maximum atomic E-state index is 13.6. The molecule has 3 aromatic rings. The van der Waals surface area contributed by atoms with Crippen molar-refractivity contribution in [1.29, 1.82) is 0 Å². The molecule has 0 aliphatic heterocycles. The zero-order valence-corrected chi connectivity index (χ0v) is 19.3. The molecular weight excluding hydrogens is 427 g/mol. The van der Waals surface area contributed by atoms with E-state index in [0.717, 1.165) is 42.4 Å². The van der Waals surface area contributed by atoms with Crippen LogP contribution in [0.3, 0.4) is 0 Å². The lowest BCUT2D eigenvalue weighted by atomic mass is 10.0. The Morgan fingerprint density at radius 2 is 1.41 bits per heavy atom. The van der Waals surface area contributed by atoms with Crippen molar-refractivity contribution < 1.29 is 14.0 Å². The molecule has 1 aliphatic carbocycles. The molecule has 4 rings (SSSR count). The molecule has 2 amide bonds. The third-order valence-corrected chi connectivity index (χ3v) is 6.44. The van der Waals surface area contributed by atoms with Crippen LogP contribution in [0.15, 0.2) is 84.9 Å². The molecule has 3 aromatic carbocycles. The van der Waals surface area contributed by atoms with Crippen LogP contribution in [-0.2, 0) is 29.0 Å². The SMILES string of the molecule is O=C(NC1CCCC1)C(Cc1ccccc1)N(Cc1ccccc1)C(=O)Cc1ccc(F)cc1. The van der Waals surface area contributed by atoms with E-state index in [1.807, 2.05) is 60.7 Å². The predicted octanol–water partition coefficient (Wildman–Crippen LogP) is 5.07. The molecule has 5 heteroatoms. The van der Waals surface area contributed by atoms with Gasteiger partial charge in [-0.1, -0.05) is 85.6 Å². The average molecular weight is 459 g/mol. The molecule has 0 saturated heterocycles. The van der Waals surface area contributed by atoms with Crippen molar-refractivity contribution in [1.82, 2.24) is 10.2 Å². The molecule has 1 unspecified atom stereocenters.